The molecule has 2 bridgehead atoms. The first-order valence-electron chi connectivity index (χ1n) is 10.4. The van der Waals surface area contributed by atoms with E-state index in [0.717, 1.165) is 12.8 Å². The van der Waals surface area contributed by atoms with Crippen LogP contribution in [0, 0.1) is 5.92 Å². The van der Waals surface area contributed by atoms with E-state index in [1.807, 2.05) is 20.8 Å². The molecule has 3 fully saturated rings. The first-order chi connectivity index (χ1) is 13.3. The van der Waals surface area contributed by atoms with Crippen LogP contribution in [0.1, 0.15) is 72.1 Å². The molecule has 29 heavy (non-hydrogen) atoms. The molecule has 0 aromatic heterocycles. The van der Waals surface area contributed by atoms with Crippen LogP contribution in [0.4, 0.5) is 18.0 Å². The van der Waals surface area contributed by atoms with Crippen LogP contribution in [0.5, 0.6) is 0 Å². The number of aliphatic hydroxyl groups is 1. The third-order valence-corrected chi connectivity index (χ3v) is 6.39. The Balaban J connectivity index is 1.52. The van der Waals surface area contributed by atoms with Crippen molar-refractivity contribution < 1.29 is 32.6 Å². The summed E-state index contributed by atoms with van der Waals surface area (Å²) in [5.41, 5.74) is -3.23. The number of ether oxygens (including phenoxy) is 1. The predicted molar refractivity (Wildman–Crippen MR) is 99.0 cm³/mol. The molecule has 1 unspecified atom stereocenters. The zero-order chi connectivity index (χ0) is 21.6. The van der Waals surface area contributed by atoms with E-state index in [4.69, 9.17) is 4.74 Å². The maximum atomic E-state index is 12.9. The number of halogens is 3. The summed E-state index contributed by atoms with van der Waals surface area (Å²) >= 11 is 0. The Labute approximate surface area is 169 Å². The Morgan fingerprint density at radius 3 is 2.00 bits per heavy atom. The number of alkyl halides is 3. The van der Waals surface area contributed by atoms with Crippen LogP contribution < -0.4 is 5.32 Å². The zero-order valence-corrected chi connectivity index (χ0v) is 17.2. The van der Waals surface area contributed by atoms with Gasteiger partial charge in [-0.3, -0.25) is 4.79 Å². The molecule has 3 rings (SSSR count). The summed E-state index contributed by atoms with van der Waals surface area (Å²) in [4.78, 5) is 27.0. The zero-order valence-electron chi connectivity index (χ0n) is 17.2. The van der Waals surface area contributed by atoms with E-state index in [1.54, 1.807) is 4.90 Å². The minimum Gasteiger partial charge on any atom is -0.444 e. The van der Waals surface area contributed by atoms with Crippen LogP contribution >= 0.6 is 0 Å². The van der Waals surface area contributed by atoms with Crippen molar-refractivity contribution in [3.05, 3.63) is 0 Å². The minimum atomic E-state index is -4.64. The number of rotatable bonds is 2. The van der Waals surface area contributed by atoms with Gasteiger partial charge in [-0.2, -0.15) is 13.2 Å². The van der Waals surface area contributed by atoms with E-state index < -0.39 is 30.2 Å². The molecule has 0 radical (unpaired) electrons. The summed E-state index contributed by atoms with van der Waals surface area (Å²) in [5.74, 6) is -0.414. The fourth-order valence-electron chi connectivity index (χ4n) is 4.85. The van der Waals surface area contributed by atoms with Crippen molar-refractivity contribution in [3.63, 3.8) is 0 Å². The lowest BCUT2D eigenvalue weighted by molar-refractivity contribution is -0.270. The van der Waals surface area contributed by atoms with Crippen molar-refractivity contribution in [3.8, 4) is 0 Å². The number of hydrogen-bond donors (Lipinski definition) is 2. The van der Waals surface area contributed by atoms with Gasteiger partial charge < -0.3 is 20.1 Å². The van der Waals surface area contributed by atoms with E-state index in [2.05, 4.69) is 5.32 Å². The van der Waals surface area contributed by atoms with Gasteiger partial charge in [0, 0.05) is 24.0 Å². The topological polar surface area (TPSA) is 78.9 Å². The monoisotopic (exact) mass is 420 g/mol. The molecule has 2 heterocycles. The number of hydrogen-bond acceptors (Lipinski definition) is 4. The normalized spacial score (nSPS) is 35.3. The average Bonchev–Trinajstić information content (AvgIpc) is 2.85. The number of fused-ring (bicyclic) bond motifs is 2. The minimum absolute atomic E-state index is 0.0407. The van der Waals surface area contributed by atoms with Gasteiger partial charge in [0.15, 0.2) is 5.60 Å². The largest absolute Gasteiger partial charge is 0.444 e. The van der Waals surface area contributed by atoms with Crippen LogP contribution in [0.2, 0.25) is 0 Å². The molecule has 2 aliphatic heterocycles. The lowest BCUT2D eigenvalue weighted by Gasteiger charge is -2.40. The molecule has 166 valence electrons. The van der Waals surface area contributed by atoms with Crippen molar-refractivity contribution in [2.24, 2.45) is 5.92 Å². The summed E-state index contributed by atoms with van der Waals surface area (Å²) in [6.45, 7) is 5.45. The Morgan fingerprint density at radius 2 is 1.55 bits per heavy atom. The number of amides is 2. The highest BCUT2D eigenvalue weighted by atomic mass is 19.4. The molecular weight excluding hydrogens is 389 g/mol. The van der Waals surface area contributed by atoms with Gasteiger partial charge >= 0.3 is 12.3 Å². The number of carbonyl (C=O) groups is 2. The Morgan fingerprint density at radius 1 is 1.03 bits per heavy atom. The molecule has 1 aliphatic carbocycles. The van der Waals surface area contributed by atoms with Crippen molar-refractivity contribution in [2.45, 2.75) is 108 Å². The smallest absolute Gasteiger partial charge is 0.417 e. The molecule has 3 aliphatic rings. The summed E-state index contributed by atoms with van der Waals surface area (Å²) in [7, 11) is 0. The van der Waals surface area contributed by atoms with Gasteiger partial charge in [0.1, 0.15) is 5.60 Å². The predicted octanol–water partition coefficient (Wildman–Crippen LogP) is 3.52. The summed E-state index contributed by atoms with van der Waals surface area (Å²) in [6.07, 6.45) is -2.84. The van der Waals surface area contributed by atoms with Crippen molar-refractivity contribution >= 4 is 12.0 Å². The first kappa shape index (κ1) is 22.2. The van der Waals surface area contributed by atoms with E-state index in [0.29, 0.717) is 12.8 Å². The highest BCUT2D eigenvalue weighted by molar-refractivity contribution is 5.80. The van der Waals surface area contributed by atoms with E-state index in [9.17, 15) is 27.9 Å². The lowest BCUT2D eigenvalue weighted by Crippen LogP contribution is -2.54. The SMILES string of the molecule is CC(C)(C)OC(=O)N1[C@@H]2CC[C@H]1CC(C(=O)NC1CCC(O)(C(F)(F)F)CC1)C2. The van der Waals surface area contributed by atoms with Gasteiger partial charge in [0.05, 0.1) is 0 Å². The molecule has 2 N–H and O–H groups in total. The second-order valence-electron chi connectivity index (χ2n) is 9.75. The second kappa shape index (κ2) is 7.63. The highest BCUT2D eigenvalue weighted by Gasteiger charge is 2.55. The molecular formula is C20H31F3N2O4. The third-order valence-electron chi connectivity index (χ3n) is 6.39. The van der Waals surface area contributed by atoms with Crippen LogP contribution in [0.25, 0.3) is 0 Å². The highest BCUT2D eigenvalue weighted by Crippen LogP contribution is 2.42. The van der Waals surface area contributed by atoms with Gasteiger partial charge in [-0.1, -0.05) is 0 Å². The Hall–Kier alpha value is -1.51. The molecule has 0 spiro atoms. The van der Waals surface area contributed by atoms with Gasteiger partial charge in [0.2, 0.25) is 5.91 Å². The molecule has 1 saturated carbocycles. The fraction of sp³-hybridized carbons (Fsp3) is 0.900. The number of nitrogens with zero attached hydrogens (tertiary/aromatic N) is 1. The quantitative estimate of drug-likeness (QED) is 0.717. The summed E-state index contributed by atoms with van der Waals surface area (Å²) in [5, 5.41) is 12.6. The molecule has 2 amide bonds. The van der Waals surface area contributed by atoms with Crippen LogP contribution in [-0.2, 0) is 9.53 Å². The van der Waals surface area contributed by atoms with Crippen molar-refractivity contribution in [1.29, 1.82) is 0 Å². The maximum absolute atomic E-state index is 12.9. The van der Waals surface area contributed by atoms with Crippen LogP contribution in [0.3, 0.4) is 0 Å². The van der Waals surface area contributed by atoms with E-state index in [1.165, 1.54) is 0 Å². The third kappa shape index (κ3) is 4.81. The second-order valence-corrected chi connectivity index (χ2v) is 9.75. The molecule has 0 aromatic rings. The van der Waals surface area contributed by atoms with E-state index >= 15 is 0 Å². The maximum Gasteiger partial charge on any atom is 0.417 e. The lowest BCUT2D eigenvalue weighted by atomic mass is 9.81. The van der Waals surface area contributed by atoms with Gasteiger partial charge in [-0.25, -0.2) is 4.79 Å². The number of carbonyl (C=O) groups excluding carboxylic acids is 2. The molecule has 6 nitrogen and oxygen atoms in total. The number of piperidine rings is 1. The van der Waals surface area contributed by atoms with Gasteiger partial charge in [-0.05, 0) is 72.1 Å². The number of nitrogens with one attached hydrogen (secondary N) is 1. The Bertz CT molecular complexity index is 625. The molecule has 9 heteroatoms. The van der Waals surface area contributed by atoms with Crippen LogP contribution in [0.15, 0.2) is 0 Å². The van der Waals surface area contributed by atoms with Crippen molar-refractivity contribution in [2.75, 3.05) is 0 Å². The van der Waals surface area contributed by atoms with Crippen LogP contribution in [-0.4, -0.2) is 57.5 Å². The summed E-state index contributed by atoms with van der Waals surface area (Å²) < 4.78 is 44.3. The Kier molecular flexibility index (Phi) is 5.84. The standard InChI is InChI=1S/C20H31F3N2O4/c1-18(2,3)29-17(27)25-14-4-5-15(25)11-12(10-14)16(26)24-13-6-8-19(28,9-7-13)20(21,22)23/h12-15,28H,4-11H2,1-3H3,(H,24,26)/t12?,13?,14-,15+,19?. The first-order valence-corrected chi connectivity index (χ1v) is 10.4. The van der Waals surface area contributed by atoms with Gasteiger partial charge in [0.25, 0.3) is 0 Å². The molecule has 0 aromatic carbocycles. The fourth-order valence-corrected chi connectivity index (χ4v) is 4.85. The molecule has 3 atom stereocenters. The van der Waals surface area contributed by atoms with Crippen molar-refractivity contribution in [1.82, 2.24) is 10.2 Å². The summed E-state index contributed by atoms with van der Waals surface area (Å²) in [6, 6.07) is -0.436. The van der Waals surface area contributed by atoms with E-state index in [-0.39, 0.29) is 48.9 Å². The molecule has 2 saturated heterocycles. The average molecular weight is 420 g/mol. The van der Waals surface area contributed by atoms with Gasteiger partial charge in [-0.15, -0.1) is 0 Å².